The van der Waals surface area contributed by atoms with Gasteiger partial charge in [0.05, 0.1) is 12.0 Å². The third kappa shape index (κ3) is 3.45. The molecule has 5 aliphatic rings. The first kappa shape index (κ1) is 21.0. The lowest BCUT2D eigenvalue weighted by atomic mass is 9.55. The van der Waals surface area contributed by atoms with Crippen molar-refractivity contribution in [3.63, 3.8) is 0 Å². The van der Waals surface area contributed by atoms with Crippen LogP contribution in [-0.4, -0.2) is 71.8 Å². The van der Waals surface area contributed by atoms with Crippen molar-refractivity contribution >= 4 is 5.97 Å². The Bertz CT molecular complexity index is 680. The molecular formula is C25H40N2O3. The van der Waals surface area contributed by atoms with Crippen LogP contribution in [0.4, 0.5) is 0 Å². The zero-order valence-corrected chi connectivity index (χ0v) is 18.9. The number of hydrogen-bond acceptors (Lipinski definition) is 5. The quantitative estimate of drug-likeness (QED) is 0.566. The second kappa shape index (κ2) is 8.22. The Morgan fingerprint density at radius 2 is 1.87 bits per heavy atom. The minimum Gasteiger partial charge on any atom is -0.461 e. The average molecular weight is 417 g/mol. The molecule has 0 aromatic heterocycles. The van der Waals surface area contributed by atoms with E-state index in [-0.39, 0.29) is 29.3 Å². The van der Waals surface area contributed by atoms with Crippen LogP contribution in [0.15, 0.2) is 11.6 Å². The lowest BCUT2D eigenvalue weighted by molar-refractivity contribution is -0.145. The zero-order valence-electron chi connectivity index (χ0n) is 18.9. The topological polar surface area (TPSA) is 53.0 Å². The third-order valence-electron chi connectivity index (χ3n) is 9.52. The van der Waals surface area contributed by atoms with Crippen molar-refractivity contribution in [2.75, 3.05) is 32.7 Å². The van der Waals surface area contributed by atoms with E-state index in [0.29, 0.717) is 5.92 Å². The van der Waals surface area contributed by atoms with Gasteiger partial charge < -0.3 is 9.84 Å². The lowest BCUT2D eigenvalue weighted by Crippen LogP contribution is -2.56. The molecule has 0 aromatic rings. The van der Waals surface area contributed by atoms with Gasteiger partial charge in [-0.2, -0.15) is 0 Å². The van der Waals surface area contributed by atoms with E-state index in [1.165, 1.54) is 37.7 Å². The van der Waals surface area contributed by atoms with E-state index >= 15 is 0 Å². The number of carbonyl (C=O) groups is 1. The Morgan fingerprint density at radius 3 is 2.60 bits per heavy atom. The van der Waals surface area contributed by atoms with Crippen molar-refractivity contribution < 1.29 is 14.6 Å². The van der Waals surface area contributed by atoms with E-state index in [9.17, 15) is 9.90 Å². The Hall–Kier alpha value is -0.910. The van der Waals surface area contributed by atoms with Gasteiger partial charge in [-0.1, -0.05) is 44.8 Å². The summed E-state index contributed by atoms with van der Waals surface area (Å²) in [6, 6.07) is 0.778. The predicted molar refractivity (Wildman–Crippen MR) is 117 cm³/mol. The molecule has 5 nitrogen and oxygen atoms in total. The normalized spacial score (nSPS) is 43.6. The van der Waals surface area contributed by atoms with E-state index in [0.717, 1.165) is 58.0 Å². The second-order valence-corrected chi connectivity index (χ2v) is 10.9. The number of piperazine rings is 1. The molecule has 3 aliphatic carbocycles. The number of esters is 1. The highest BCUT2D eigenvalue weighted by molar-refractivity contribution is 5.76. The molecule has 30 heavy (non-hydrogen) atoms. The van der Waals surface area contributed by atoms with Gasteiger partial charge >= 0.3 is 5.97 Å². The number of ether oxygens (including phenoxy) is 1. The average Bonchev–Trinajstić information content (AvgIpc) is 3.07. The molecule has 0 amide bonds. The summed E-state index contributed by atoms with van der Waals surface area (Å²) in [6.07, 6.45) is 11.6. The monoisotopic (exact) mass is 416 g/mol. The number of carbonyl (C=O) groups excluding carboxylic acids is 1. The molecule has 0 aromatic carbocycles. The molecule has 5 rings (SSSR count). The number of aliphatic hydroxyl groups excluding tert-OH is 1. The van der Waals surface area contributed by atoms with E-state index in [1.807, 2.05) is 0 Å². The molecule has 0 unspecified atom stereocenters. The molecular weight excluding hydrogens is 376 g/mol. The molecule has 2 aliphatic heterocycles. The van der Waals surface area contributed by atoms with Crippen molar-refractivity contribution in [3.8, 4) is 0 Å². The molecule has 1 N–H and O–H groups in total. The van der Waals surface area contributed by atoms with Crippen molar-refractivity contribution in [1.29, 1.82) is 0 Å². The Morgan fingerprint density at radius 1 is 1.13 bits per heavy atom. The lowest BCUT2D eigenvalue weighted by Gasteiger charge is -2.52. The number of allylic oxidation sites excluding steroid dienone is 1. The van der Waals surface area contributed by atoms with Crippen LogP contribution in [0.1, 0.15) is 65.2 Å². The molecule has 5 heteroatoms. The fourth-order valence-electron chi connectivity index (χ4n) is 7.31. The van der Waals surface area contributed by atoms with Gasteiger partial charge in [-0.25, -0.2) is 0 Å². The minimum atomic E-state index is -0.488. The molecule has 0 bridgehead atoms. The molecule has 4 fully saturated rings. The Labute approximate surface area is 181 Å². The summed E-state index contributed by atoms with van der Waals surface area (Å²) in [5.41, 5.74) is 1.12. The van der Waals surface area contributed by atoms with Gasteiger partial charge in [0.15, 0.2) is 0 Å². The molecule has 2 heterocycles. The first-order valence-corrected chi connectivity index (χ1v) is 12.5. The fourth-order valence-corrected chi connectivity index (χ4v) is 7.31. The Kier molecular flexibility index (Phi) is 5.74. The summed E-state index contributed by atoms with van der Waals surface area (Å²) in [7, 11) is 0. The van der Waals surface area contributed by atoms with E-state index in [2.05, 4.69) is 29.7 Å². The van der Waals surface area contributed by atoms with E-state index < -0.39 is 6.10 Å². The van der Waals surface area contributed by atoms with Crippen LogP contribution in [0.5, 0.6) is 0 Å². The summed E-state index contributed by atoms with van der Waals surface area (Å²) in [4.78, 5) is 18.0. The van der Waals surface area contributed by atoms with Crippen molar-refractivity contribution in [3.05, 3.63) is 11.6 Å². The van der Waals surface area contributed by atoms with Gasteiger partial charge in [0.25, 0.3) is 0 Å². The maximum Gasteiger partial charge on any atom is 0.311 e. The van der Waals surface area contributed by atoms with Crippen LogP contribution in [0.2, 0.25) is 0 Å². The standard InChI is InChI=1S/C25H40N2O3/c1-17-7-6-8-18-15-21-22(23(28)25(17,18)2)20(24(29)30-21)16-26-11-13-27(14-12-26)19-9-4-3-5-10-19/h8,17,19-23,28H,3-7,9-16H2,1-2H3/t17-,20-,21+,22+,23+,25+/m0/s1. The maximum absolute atomic E-state index is 12.9. The largest absolute Gasteiger partial charge is 0.461 e. The number of nitrogens with zero attached hydrogens (tertiary/aromatic N) is 2. The highest BCUT2D eigenvalue weighted by Gasteiger charge is 2.59. The first-order valence-electron chi connectivity index (χ1n) is 12.5. The predicted octanol–water partition coefficient (Wildman–Crippen LogP) is 3.22. The van der Waals surface area contributed by atoms with Crippen LogP contribution in [0.25, 0.3) is 0 Å². The second-order valence-electron chi connectivity index (χ2n) is 10.9. The summed E-state index contributed by atoms with van der Waals surface area (Å²) in [5, 5.41) is 11.5. The maximum atomic E-state index is 12.9. The van der Waals surface area contributed by atoms with Crippen LogP contribution < -0.4 is 0 Å². The van der Waals surface area contributed by atoms with E-state index in [1.54, 1.807) is 0 Å². The summed E-state index contributed by atoms with van der Waals surface area (Å²) < 4.78 is 5.86. The van der Waals surface area contributed by atoms with E-state index in [4.69, 9.17) is 4.74 Å². The van der Waals surface area contributed by atoms with Gasteiger partial charge in [0.2, 0.25) is 0 Å². The van der Waals surface area contributed by atoms with Crippen molar-refractivity contribution in [2.45, 2.75) is 83.5 Å². The van der Waals surface area contributed by atoms with Gasteiger partial charge in [-0.3, -0.25) is 14.6 Å². The fraction of sp³-hybridized carbons (Fsp3) is 0.880. The molecule has 2 saturated carbocycles. The smallest absolute Gasteiger partial charge is 0.311 e. The number of rotatable bonds is 3. The molecule has 168 valence electrons. The molecule has 0 radical (unpaired) electrons. The van der Waals surface area contributed by atoms with Gasteiger partial charge in [0.1, 0.15) is 6.10 Å². The molecule has 2 saturated heterocycles. The minimum absolute atomic E-state index is 0.0587. The highest BCUT2D eigenvalue weighted by Crippen LogP contribution is 2.56. The van der Waals surface area contributed by atoms with Gasteiger partial charge in [-0.15, -0.1) is 0 Å². The summed E-state index contributed by atoms with van der Waals surface area (Å²) in [5.74, 6) is 0.133. The third-order valence-corrected chi connectivity index (χ3v) is 9.52. The SMILES string of the molecule is C[C@H]1CCC=C2C[C@H]3OC(=O)[C@@H](CN4CCN(C5CCCCC5)CC4)[C@H]3[C@@H](O)[C@@]21C. The van der Waals surface area contributed by atoms with Gasteiger partial charge in [-0.05, 0) is 31.6 Å². The summed E-state index contributed by atoms with van der Waals surface area (Å²) >= 11 is 0. The van der Waals surface area contributed by atoms with Crippen LogP contribution >= 0.6 is 0 Å². The Balaban J connectivity index is 1.25. The van der Waals surface area contributed by atoms with Crippen molar-refractivity contribution in [2.24, 2.45) is 23.2 Å². The molecule has 6 atom stereocenters. The highest BCUT2D eigenvalue weighted by atomic mass is 16.6. The zero-order chi connectivity index (χ0) is 20.9. The number of hydrogen-bond donors (Lipinski definition) is 1. The molecule has 0 spiro atoms. The van der Waals surface area contributed by atoms with Gasteiger partial charge in [0, 0.05) is 56.5 Å². The van der Waals surface area contributed by atoms with Crippen LogP contribution in [-0.2, 0) is 9.53 Å². The summed E-state index contributed by atoms with van der Waals surface area (Å²) in [6.45, 7) is 9.55. The van der Waals surface area contributed by atoms with Crippen molar-refractivity contribution in [1.82, 2.24) is 9.80 Å². The first-order chi connectivity index (χ1) is 14.5. The van der Waals surface area contributed by atoms with Crippen LogP contribution in [0.3, 0.4) is 0 Å². The van der Waals surface area contributed by atoms with Crippen LogP contribution in [0, 0.1) is 23.2 Å². The number of aliphatic hydroxyl groups is 1. The number of fused-ring (bicyclic) bond motifs is 2.